The summed E-state index contributed by atoms with van der Waals surface area (Å²) >= 11 is 0. The van der Waals surface area contributed by atoms with Crippen LogP contribution in [0.15, 0.2) is 24.3 Å². The molecule has 138 valence electrons. The highest BCUT2D eigenvalue weighted by Crippen LogP contribution is 2.14. The Bertz CT molecular complexity index is 565. The van der Waals surface area contributed by atoms with Crippen LogP contribution in [0.4, 0.5) is 4.79 Å². The maximum atomic E-state index is 12.5. The van der Waals surface area contributed by atoms with Crippen molar-refractivity contribution in [3.8, 4) is 0 Å². The molecule has 2 fully saturated rings. The van der Waals surface area contributed by atoms with E-state index in [1.165, 1.54) is 11.1 Å². The summed E-state index contributed by atoms with van der Waals surface area (Å²) < 4.78 is 11.1. The van der Waals surface area contributed by atoms with Crippen molar-refractivity contribution in [2.45, 2.75) is 39.1 Å². The Labute approximate surface area is 150 Å². The third-order valence-electron chi connectivity index (χ3n) is 4.75. The molecule has 2 saturated heterocycles. The van der Waals surface area contributed by atoms with E-state index in [1.807, 2.05) is 24.8 Å². The van der Waals surface area contributed by atoms with E-state index in [-0.39, 0.29) is 18.2 Å². The van der Waals surface area contributed by atoms with Gasteiger partial charge in [-0.15, -0.1) is 0 Å². The molecule has 0 saturated carbocycles. The second kappa shape index (κ2) is 8.65. The zero-order chi connectivity index (χ0) is 17.6. The largest absolute Gasteiger partial charge is 0.379 e. The molecule has 0 spiro atoms. The first-order valence-electron chi connectivity index (χ1n) is 9.17. The zero-order valence-corrected chi connectivity index (χ0v) is 15.2. The number of hydrogen-bond acceptors (Lipinski definition) is 4. The second-order valence-electron chi connectivity index (χ2n) is 6.98. The zero-order valence-electron chi connectivity index (χ0n) is 15.2. The smallest absolute Gasteiger partial charge is 0.317 e. The molecule has 2 amide bonds. The Kier molecular flexibility index (Phi) is 6.29. The molecule has 1 N–H and O–H groups in total. The van der Waals surface area contributed by atoms with Gasteiger partial charge in [0.15, 0.2) is 0 Å². The number of urea groups is 1. The van der Waals surface area contributed by atoms with Crippen molar-refractivity contribution in [1.82, 2.24) is 15.1 Å². The van der Waals surface area contributed by atoms with Crippen LogP contribution < -0.4 is 5.32 Å². The molecular weight excluding hydrogens is 318 g/mol. The van der Waals surface area contributed by atoms with Crippen molar-refractivity contribution < 1.29 is 14.3 Å². The van der Waals surface area contributed by atoms with Crippen molar-refractivity contribution in [1.29, 1.82) is 0 Å². The number of hydrogen-bond donors (Lipinski definition) is 1. The van der Waals surface area contributed by atoms with E-state index in [2.05, 4.69) is 28.4 Å². The predicted octanol–water partition coefficient (Wildman–Crippen LogP) is 1.84. The Hall–Kier alpha value is -1.63. The van der Waals surface area contributed by atoms with Gasteiger partial charge in [-0.25, -0.2) is 4.79 Å². The van der Waals surface area contributed by atoms with Gasteiger partial charge in [0.25, 0.3) is 0 Å². The number of benzene rings is 1. The lowest BCUT2D eigenvalue weighted by Gasteiger charge is -2.35. The molecule has 3 rings (SSSR count). The highest BCUT2D eigenvalue weighted by molar-refractivity contribution is 5.74. The molecule has 1 aromatic rings. The van der Waals surface area contributed by atoms with Gasteiger partial charge in [-0.2, -0.15) is 0 Å². The van der Waals surface area contributed by atoms with Crippen LogP contribution in [0.25, 0.3) is 0 Å². The van der Waals surface area contributed by atoms with Gasteiger partial charge >= 0.3 is 6.03 Å². The average molecular weight is 347 g/mol. The molecule has 25 heavy (non-hydrogen) atoms. The molecule has 2 atom stereocenters. The van der Waals surface area contributed by atoms with Gasteiger partial charge in [-0.3, -0.25) is 4.90 Å². The summed E-state index contributed by atoms with van der Waals surface area (Å²) in [5.74, 6) is 0. The molecule has 2 heterocycles. The van der Waals surface area contributed by atoms with Crippen molar-refractivity contribution >= 4 is 6.03 Å². The third-order valence-corrected chi connectivity index (χ3v) is 4.75. The van der Waals surface area contributed by atoms with Gasteiger partial charge < -0.3 is 19.7 Å². The summed E-state index contributed by atoms with van der Waals surface area (Å²) in [6, 6.07) is 8.33. The van der Waals surface area contributed by atoms with Crippen molar-refractivity contribution in [3.63, 3.8) is 0 Å². The highest BCUT2D eigenvalue weighted by Gasteiger charge is 2.25. The fourth-order valence-corrected chi connectivity index (χ4v) is 3.51. The Morgan fingerprint density at radius 1 is 1.12 bits per heavy atom. The summed E-state index contributed by atoms with van der Waals surface area (Å²) in [5, 5.41) is 3.08. The van der Waals surface area contributed by atoms with Gasteiger partial charge in [0.05, 0.1) is 25.4 Å². The molecule has 0 aromatic heterocycles. The SMILES string of the molecule is CC1CN(C(=O)NCc2ccccc2CN2CCOCC2)CC(C)O1. The van der Waals surface area contributed by atoms with Crippen LogP contribution in [0, 0.1) is 0 Å². The Morgan fingerprint density at radius 3 is 2.44 bits per heavy atom. The van der Waals surface area contributed by atoms with Gasteiger partial charge in [-0.1, -0.05) is 24.3 Å². The number of carbonyl (C=O) groups is 1. The number of nitrogens with zero attached hydrogens (tertiary/aromatic N) is 2. The normalized spacial score (nSPS) is 25.0. The van der Waals surface area contributed by atoms with E-state index < -0.39 is 0 Å². The maximum Gasteiger partial charge on any atom is 0.317 e. The number of ether oxygens (including phenoxy) is 2. The quantitative estimate of drug-likeness (QED) is 0.903. The number of nitrogens with one attached hydrogen (secondary N) is 1. The molecule has 2 unspecified atom stereocenters. The fraction of sp³-hybridized carbons (Fsp3) is 0.632. The summed E-state index contributed by atoms with van der Waals surface area (Å²) in [4.78, 5) is 16.7. The van der Waals surface area contributed by atoms with Crippen LogP contribution in [0.1, 0.15) is 25.0 Å². The molecule has 0 aliphatic carbocycles. The summed E-state index contributed by atoms with van der Waals surface area (Å²) in [6.07, 6.45) is 0.172. The molecule has 0 bridgehead atoms. The van der Waals surface area contributed by atoms with E-state index in [9.17, 15) is 4.79 Å². The average Bonchev–Trinajstić information content (AvgIpc) is 2.61. The van der Waals surface area contributed by atoms with Gasteiger partial charge in [-0.05, 0) is 25.0 Å². The third kappa shape index (κ3) is 5.17. The van der Waals surface area contributed by atoms with E-state index in [0.29, 0.717) is 19.6 Å². The van der Waals surface area contributed by atoms with Crippen molar-refractivity contribution in [2.24, 2.45) is 0 Å². The van der Waals surface area contributed by atoms with Gasteiger partial charge in [0, 0.05) is 39.3 Å². The van der Waals surface area contributed by atoms with Crippen LogP contribution in [0.3, 0.4) is 0 Å². The standard InChI is InChI=1S/C19H29N3O3/c1-15-12-22(13-16(2)25-15)19(23)20-11-17-5-3-4-6-18(17)14-21-7-9-24-10-8-21/h3-6,15-16H,7-14H2,1-2H3,(H,20,23). The second-order valence-corrected chi connectivity index (χ2v) is 6.98. The molecular formula is C19H29N3O3. The molecule has 0 radical (unpaired) electrons. The minimum atomic E-state index is -0.0109. The van der Waals surface area contributed by atoms with E-state index in [0.717, 1.165) is 32.8 Å². The van der Waals surface area contributed by atoms with Crippen LogP contribution in [0.5, 0.6) is 0 Å². The lowest BCUT2D eigenvalue weighted by Crippen LogP contribution is -2.51. The topological polar surface area (TPSA) is 54.0 Å². The number of carbonyl (C=O) groups excluding carboxylic acids is 1. The number of rotatable bonds is 4. The van der Waals surface area contributed by atoms with Crippen LogP contribution in [0.2, 0.25) is 0 Å². The fourth-order valence-electron chi connectivity index (χ4n) is 3.51. The minimum Gasteiger partial charge on any atom is -0.379 e. The monoisotopic (exact) mass is 347 g/mol. The Balaban J connectivity index is 1.56. The van der Waals surface area contributed by atoms with E-state index in [1.54, 1.807) is 0 Å². The maximum absolute atomic E-state index is 12.5. The van der Waals surface area contributed by atoms with Crippen LogP contribution in [-0.2, 0) is 22.6 Å². The van der Waals surface area contributed by atoms with Crippen molar-refractivity contribution in [3.05, 3.63) is 35.4 Å². The van der Waals surface area contributed by atoms with Crippen LogP contribution >= 0.6 is 0 Å². The molecule has 6 nitrogen and oxygen atoms in total. The first-order valence-corrected chi connectivity index (χ1v) is 9.17. The minimum absolute atomic E-state index is 0.0109. The van der Waals surface area contributed by atoms with Gasteiger partial charge in [0.2, 0.25) is 0 Å². The predicted molar refractivity (Wildman–Crippen MR) is 96.4 cm³/mol. The number of morpholine rings is 2. The van der Waals surface area contributed by atoms with E-state index >= 15 is 0 Å². The number of amides is 2. The van der Waals surface area contributed by atoms with Crippen molar-refractivity contribution in [2.75, 3.05) is 39.4 Å². The first-order chi connectivity index (χ1) is 12.1. The summed E-state index contributed by atoms with van der Waals surface area (Å²) in [6.45, 7) is 10.3. The lowest BCUT2D eigenvalue weighted by atomic mass is 10.1. The van der Waals surface area contributed by atoms with E-state index in [4.69, 9.17) is 9.47 Å². The highest BCUT2D eigenvalue weighted by atomic mass is 16.5. The first kappa shape index (κ1) is 18.2. The molecule has 1 aromatic carbocycles. The molecule has 6 heteroatoms. The van der Waals surface area contributed by atoms with Gasteiger partial charge in [0.1, 0.15) is 0 Å². The Morgan fingerprint density at radius 2 is 1.76 bits per heavy atom. The molecule has 2 aliphatic heterocycles. The lowest BCUT2D eigenvalue weighted by molar-refractivity contribution is -0.0545. The molecule has 2 aliphatic rings. The van der Waals surface area contributed by atoms with Crippen LogP contribution in [-0.4, -0.2) is 67.4 Å². The summed E-state index contributed by atoms with van der Waals surface area (Å²) in [5.41, 5.74) is 2.45. The summed E-state index contributed by atoms with van der Waals surface area (Å²) in [7, 11) is 0.